The van der Waals surface area contributed by atoms with Crippen LogP contribution in [0, 0.1) is 5.82 Å². The van der Waals surface area contributed by atoms with Crippen LogP contribution in [0.1, 0.15) is 16.1 Å². The highest BCUT2D eigenvalue weighted by Crippen LogP contribution is 2.20. The van der Waals surface area contributed by atoms with Crippen LogP contribution in [0.15, 0.2) is 48.7 Å². The fourth-order valence-corrected chi connectivity index (χ4v) is 3.45. The number of aromatic amines is 1. The Balaban J connectivity index is 1.34. The number of benzene rings is 1. The molecule has 3 heterocycles. The third-order valence-electron chi connectivity index (χ3n) is 4.80. The van der Waals surface area contributed by atoms with Gasteiger partial charge in [0.15, 0.2) is 5.82 Å². The first kappa shape index (κ1) is 19.4. The molecule has 7 nitrogen and oxygen atoms in total. The number of aromatic nitrogens is 3. The molecule has 4 rings (SSSR count). The molecule has 0 bridgehead atoms. The number of hydrogen-bond donors (Lipinski definition) is 2. The lowest BCUT2D eigenvalue weighted by atomic mass is 10.1. The van der Waals surface area contributed by atoms with E-state index in [4.69, 9.17) is 11.6 Å². The third-order valence-corrected chi connectivity index (χ3v) is 5.09. The molecule has 0 atom stereocenters. The van der Waals surface area contributed by atoms with Gasteiger partial charge in [0.05, 0.1) is 22.5 Å². The molecular weight excluding hydrogens is 395 g/mol. The number of H-pyrrole nitrogens is 1. The average Bonchev–Trinajstić information content (AvgIpc) is 3.23. The Labute approximate surface area is 172 Å². The molecule has 1 amide bonds. The number of hydrogen-bond acceptors (Lipinski definition) is 5. The van der Waals surface area contributed by atoms with Gasteiger partial charge in [0, 0.05) is 38.8 Å². The number of carbonyl (C=O) groups excluding carboxylic acids is 1. The summed E-state index contributed by atoms with van der Waals surface area (Å²) in [6.07, 6.45) is 1.67. The largest absolute Gasteiger partial charge is 0.336 e. The SMILES string of the molecule is O=C(c1cccc(Cl)c1F)N1CCN(Cc2cccc(Nc3ccn[nH]3)n2)CC1. The zero-order chi connectivity index (χ0) is 20.2. The van der Waals surface area contributed by atoms with Gasteiger partial charge in [-0.1, -0.05) is 23.7 Å². The van der Waals surface area contributed by atoms with Crippen LogP contribution in [-0.4, -0.2) is 57.1 Å². The van der Waals surface area contributed by atoms with Crippen molar-refractivity contribution in [1.82, 2.24) is 25.0 Å². The summed E-state index contributed by atoms with van der Waals surface area (Å²) >= 11 is 5.80. The Bertz CT molecular complexity index is 988. The number of anilines is 2. The lowest BCUT2D eigenvalue weighted by Crippen LogP contribution is -2.48. The van der Waals surface area contributed by atoms with Crippen molar-refractivity contribution in [1.29, 1.82) is 0 Å². The molecular formula is C20H20ClFN6O. The quantitative estimate of drug-likeness (QED) is 0.669. The number of rotatable bonds is 5. The highest BCUT2D eigenvalue weighted by atomic mass is 35.5. The molecule has 9 heteroatoms. The number of nitrogens with zero attached hydrogens (tertiary/aromatic N) is 4. The van der Waals surface area contributed by atoms with Crippen molar-refractivity contribution >= 4 is 29.1 Å². The first-order valence-corrected chi connectivity index (χ1v) is 9.66. The van der Waals surface area contributed by atoms with Crippen LogP contribution in [0.2, 0.25) is 5.02 Å². The second-order valence-corrected chi connectivity index (χ2v) is 7.19. The summed E-state index contributed by atoms with van der Waals surface area (Å²) in [7, 11) is 0. The summed E-state index contributed by atoms with van der Waals surface area (Å²) in [6, 6.07) is 12.1. The number of piperazine rings is 1. The van der Waals surface area contributed by atoms with Crippen LogP contribution < -0.4 is 5.32 Å². The monoisotopic (exact) mass is 414 g/mol. The van der Waals surface area contributed by atoms with Crippen molar-refractivity contribution in [2.75, 3.05) is 31.5 Å². The molecule has 0 aliphatic carbocycles. The molecule has 1 aliphatic rings. The van der Waals surface area contributed by atoms with E-state index >= 15 is 0 Å². The molecule has 0 spiro atoms. The molecule has 1 aromatic carbocycles. The minimum atomic E-state index is -0.660. The maximum absolute atomic E-state index is 14.1. The molecule has 0 saturated carbocycles. The first-order chi connectivity index (χ1) is 14.1. The van der Waals surface area contributed by atoms with Crippen LogP contribution in [0.4, 0.5) is 16.0 Å². The molecule has 2 N–H and O–H groups in total. The van der Waals surface area contributed by atoms with Crippen LogP contribution in [-0.2, 0) is 6.54 Å². The van der Waals surface area contributed by atoms with Crippen molar-refractivity contribution in [3.63, 3.8) is 0 Å². The van der Waals surface area contributed by atoms with Crippen LogP contribution in [0.5, 0.6) is 0 Å². The Hall–Kier alpha value is -2.97. The molecule has 150 valence electrons. The van der Waals surface area contributed by atoms with Gasteiger partial charge in [-0.25, -0.2) is 9.37 Å². The van der Waals surface area contributed by atoms with Crippen LogP contribution >= 0.6 is 11.6 Å². The zero-order valence-electron chi connectivity index (χ0n) is 15.6. The molecule has 29 heavy (non-hydrogen) atoms. The maximum Gasteiger partial charge on any atom is 0.256 e. The summed E-state index contributed by atoms with van der Waals surface area (Å²) in [4.78, 5) is 21.1. The van der Waals surface area contributed by atoms with Gasteiger partial charge in [0.25, 0.3) is 5.91 Å². The topological polar surface area (TPSA) is 77.2 Å². The fourth-order valence-electron chi connectivity index (χ4n) is 3.28. The van der Waals surface area contributed by atoms with Crippen molar-refractivity contribution in [2.24, 2.45) is 0 Å². The van der Waals surface area contributed by atoms with E-state index in [1.54, 1.807) is 17.2 Å². The van der Waals surface area contributed by atoms with Crippen molar-refractivity contribution < 1.29 is 9.18 Å². The lowest BCUT2D eigenvalue weighted by Gasteiger charge is -2.34. The third kappa shape index (κ3) is 4.55. The Morgan fingerprint density at radius 1 is 1.14 bits per heavy atom. The number of amides is 1. The van der Waals surface area contributed by atoms with Gasteiger partial charge in [0.1, 0.15) is 11.6 Å². The van der Waals surface area contributed by atoms with E-state index in [9.17, 15) is 9.18 Å². The smallest absolute Gasteiger partial charge is 0.256 e. The van der Waals surface area contributed by atoms with Crippen molar-refractivity contribution in [2.45, 2.75) is 6.54 Å². The van der Waals surface area contributed by atoms with E-state index < -0.39 is 5.82 Å². The maximum atomic E-state index is 14.1. The average molecular weight is 415 g/mol. The van der Waals surface area contributed by atoms with E-state index in [1.165, 1.54) is 12.1 Å². The van der Waals surface area contributed by atoms with E-state index in [1.807, 2.05) is 24.3 Å². The van der Waals surface area contributed by atoms with Crippen molar-refractivity contribution in [3.8, 4) is 0 Å². The van der Waals surface area contributed by atoms with Crippen LogP contribution in [0.3, 0.4) is 0 Å². The predicted molar refractivity (Wildman–Crippen MR) is 109 cm³/mol. The van der Waals surface area contributed by atoms with Gasteiger partial charge in [-0.2, -0.15) is 5.10 Å². The second-order valence-electron chi connectivity index (χ2n) is 6.78. The summed E-state index contributed by atoms with van der Waals surface area (Å²) in [5, 5.41) is 9.87. The second kappa shape index (κ2) is 8.59. The summed E-state index contributed by atoms with van der Waals surface area (Å²) in [6.45, 7) is 3.10. The lowest BCUT2D eigenvalue weighted by molar-refractivity contribution is 0.0622. The Kier molecular flexibility index (Phi) is 5.73. The number of pyridine rings is 1. The zero-order valence-corrected chi connectivity index (χ0v) is 16.4. The summed E-state index contributed by atoms with van der Waals surface area (Å²) in [5.41, 5.74) is 0.945. The Morgan fingerprint density at radius 2 is 1.93 bits per heavy atom. The minimum absolute atomic E-state index is 0.0187. The van der Waals surface area contributed by atoms with E-state index in [-0.39, 0.29) is 16.5 Å². The molecule has 2 aromatic heterocycles. The van der Waals surface area contributed by atoms with Gasteiger partial charge >= 0.3 is 0 Å². The molecule has 0 unspecified atom stereocenters. The summed E-state index contributed by atoms with van der Waals surface area (Å²) in [5.74, 6) is 0.521. The van der Waals surface area contributed by atoms with Crippen LogP contribution in [0.25, 0.3) is 0 Å². The molecule has 1 saturated heterocycles. The van der Waals surface area contributed by atoms with Gasteiger partial charge in [0.2, 0.25) is 0 Å². The predicted octanol–water partition coefficient (Wildman–Crippen LogP) is 3.30. The highest BCUT2D eigenvalue weighted by Gasteiger charge is 2.25. The van der Waals surface area contributed by atoms with Crippen molar-refractivity contribution in [3.05, 3.63) is 70.8 Å². The standard InChI is InChI=1S/C20H20ClFN6O/c21-16-5-2-4-15(19(16)22)20(29)28-11-9-27(10-12-28)13-14-3-1-6-17(24-14)25-18-7-8-23-26-18/h1-8H,9-13H2,(H2,23,24,25,26). The molecule has 0 radical (unpaired) electrons. The van der Waals surface area contributed by atoms with E-state index in [2.05, 4.69) is 25.4 Å². The normalized spacial score (nSPS) is 14.8. The molecule has 3 aromatic rings. The minimum Gasteiger partial charge on any atom is -0.336 e. The van der Waals surface area contributed by atoms with Gasteiger partial charge in [-0.05, 0) is 24.3 Å². The van der Waals surface area contributed by atoms with Gasteiger partial charge < -0.3 is 10.2 Å². The molecule has 1 fully saturated rings. The van der Waals surface area contributed by atoms with Gasteiger partial charge in [-0.3, -0.25) is 14.8 Å². The Morgan fingerprint density at radius 3 is 2.69 bits per heavy atom. The number of nitrogens with one attached hydrogen (secondary N) is 2. The molecule has 1 aliphatic heterocycles. The van der Waals surface area contributed by atoms with Gasteiger partial charge in [-0.15, -0.1) is 0 Å². The fraction of sp³-hybridized carbons (Fsp3) is 0.250. The number of halogens is 2. The highest BCUT2D eigenvalue weighted by molar-refractivity contribution is 6.31. The number of carbonyl (C=O) groups is 1. The summed E-state index contributed by atoms with van der Waals surface area (Å²) < 4.78 is 14.1. The van der Waals surface area contributed by atoms with E-state index in [0.717, 1.165) is 17.3 Å². The first-order valence-electron chi connectivity index (χ1n) is 9.28. The van der Waals surface area contributed by atoms with E-state index in [0.29, 0.717) is 32.7 Å².